The molecule has 2 aromatic carbocycles. The van der Waals surface area contributed by atoms with E-state index in [9.17, 15) is 9.59 Å². The first-order chi connectivity index (χ1) is 12.9. The fourth-order valence-corrected chi connectivity index (χ4v) is 3.27. The number of hydrogen-bond acceptors (Lipinski definition) is 5. The van der Waals surface area contributed by atoms with Crippen LogP contribution in [0.1, 0.15) is 10.4 Å². The summed E-state index contributed by atoms with van der Waals surface area (Å²) < 4.78 is 1.81. The molecule has 138 valence electrons. The second kappa shape index (κ2) is 8.24. The Balaban J connectivity index is 1.61. The van der Waals surface area contributed by atoms with Gasteiger partial charge in [-0.25, -0.2) is 0 Å². The Morgan fingerprint density at radius 3 is 2.59 bits per heavy atom. The molecule has 9 heteroatoms. The normalized spacial score (nSPS) is 10.6. The molecule has 2 amide bonds. The Bertz CT molecular complexity index is 988. The van der Waals surface area contributed by atoms with Crippen molar-refractivity contribution in [3.8, 4) is 11.4 Å². The first kappa shape index (κ1) is 18.9. The van der Waals surface area contributed by atoms with Crippen molar-refractivity contribution in [1.29, 1.82) is 0 Å². The molecule has 7 nitrogen and oxygen atoms in total. The number of carbonyl (C=O) groups is 2. The molecule has 0 aliphatic heterocycles. The first-order valence-electron chi connectivity index (χ1n) is 7.92. The third-order valence-corrected chi connectivity index (χ3v) is 4.96. The minimum absolute atomic E-state index is 0.166. The van der Waals surface area contributed by atoms with E-state index in [-0.39, 0.29) is 11.7 Å². The van der Waals surface area contributed by atoms with Gasteiger partial charge in [0.1, 0.15) is 0 Å². The number of nitrogens with one attached hydrogen (secondary N) is 1. The number of anilines is 1. The highest BCUT2D eigenvalue weighted by atomic mass is 35.5. The molecule has 0 spiro atoms. The predicted molar refractivity (Wildman–Crippen MR) is 106 cm³/mol. The Morgan fingerprint density at radius 1 is 1.19 bits per heavy atom. The maximum atomic E-state index is 12.1. The molecule has 0 saturated carbocycles. The summed E-state index contributed by atoms with van der Waals surface area (Å²) in [5.74, 6) is 0.127. The van der Waals surface area contributed by atoms with E-state index in [2.05, 4.69) is 15.5 Å². The fourth-order valence-electron chi connectivity index (χ4n) is 2.36. The van der Waals surface area contributed by atoms with Crippen molar-refractivity contribution in [3.05, 3.63) is 59.1 Å². The monoisotopic (exact) mass is 401 g/mol. The zero-order chi connectivity index (χ0) is 19.4. The van der Waals surface area contributed by atoms with E-state index in [1.54, 1.807) is 30.3 Å². The highest BCUT2D eigenvalue weighted by Gasteiger charge is 2.13. The van der Waals surface area contributed by atoms with Crippen molar-refractivity contribution in [1.82, 2.24) is 14.8 Å². The van der Waals surface area contributed by atoms with Crippen LogP contribution in [-0.4, -0.2) is 32.3 Å². The second-order valence-corrected chi connectivity index (χ2v) is 7.03. The molecule has 1 aromatic heterocycles. The molecule has 0 radical (unpaired) electrons. The first-order valence-corrected chi connectivity index (χ1v) is 9.28. The van der Waals surface area contributed by atoms with Crippen LogP contribution < -0.4 is 11.1 Å². The van der Waals surface area contributed by atoms with Gasteiger partial charge in [-0.1, -0.05) is 35.5 Å². The van der Waals surface area contributed by atoms with Crippen molar-refractivity contribution in [2.24, 2.45) is 12.8 Å². The maximum absolute atomic E-state index is 12.1. The summed E-state index contributed by atoms with van der Waals surface area (Å²) in [6.45, 7) is 0. The number of benzene rings is 2. The smallest absolute Gasteiger partial charge is 0.248 e. The summed E-state index contributed by atoms with van der Waals surface area (Å²) in [7, 11) is 1.83. The third-order valence-electron chi connectivity index (χ3n) is 3.70. The van der Waals surface area contributed by atoms with Crippen LogP contribution in [-0.2, 0) is 11.8 Å². The summed E-state index contributed by atoms with van der Waals surface area (Å²) in [5.41, 5.74) is 7.01. The molecule has 0 fully saturated rings. The summed E-state index contributed by atoms with van der Waals surface area (Å²) in [4.78, 5) is 23.2. The summed E-state index contributed by atoms with van der Waals surface area (Å²) in [5, 5.41) is 12.3. The average molecular weight is 402 g/mol. The number of rotatable bonds is 6. The van der Waals surface area contributed by atoms with Gasteiger partial charge in [-0.15, -0.1) is 10.2 Å². The summed E-state index contributed by atoms with van der Waals surface area (Å²) in [6, 6.07) is 13.7. The fraction of sp³-hybridized carbons (Fsp3) is 0.111. The maximum Gasteiger partial charge on any atom is 0.248 e. The third kappa shape index (κ3) is 4.66. The van der Waals surface area contributed by atoms with Gasteiger partial charge in [0.05, 0.1) is 5.75 Å². The number of nitrogens with two attached hydrogens (primary N) is 1. The zero-order valence-electron chi connectivity index (χ0n) is 14.3. The molecule has 3 N–H and O–H groups in total. The molecule has 1 heterocycles. The van der Waals surface area contributed by atoms with Crippen molar-refractivity contribution in [2.75, 3.05) is 11.1 Å². The van der Waals surface area contributed by atoms with Crippen LogP contribution in [0.15, 0.2) is 53.7 Å². The van der Waals surface area contributed by atoms with Gasteiger partial charge < -0.3 is 15.6 Å². The number of hydrogen-bond donors (Lipinski definition) is 2. The highest BCUT2D eigenvalue weighted by Crippen LogP contribution is 2.24. The van der Waals surface area contributed by atoms with Crippen LogP contribution in [0.5, 0.6) is 0 Å². The SMILES string of the molecule is Cn1c(SCC(=O)Nc2ccc(C(N)=O)cc2)nnc1-c1cccc(Cl)c1. The van der Waals surface area contributed by atoms with Crippen LogP contribution >= 0.6 is 23.4 Å². The van der Waals surface area contributed by atoms with Gasteiger partial charge in [-0.3, -0.25) is 9.59 Å². The van der Waals surface area contributed by atoms with E-state index in [1.165, 1.54) is 11.8 Å². The largest absolute Gasteiger partial charge is 0.366 e. The molecule has 3 aromatic rings. The van der Waals surface area contributed by atoms with E-state index in [4.69, 9.17) is 17.3 Å². The number of primary amides is 1. The summed E-state index contributed by atoms with van der Waals surface area (Å²) in [6.07, 6.45) is 0. The Morgan fingerprint density at radius 2 is 1.93 bits per heavy atom. The lowest BCUT2D eigenvalue weighted by atomic mass is 10.2. The van der Waals surface area contributed by atoms with Gasteiger partial charge in [0.2, 0.25) is 11.8 Å². The highest BCUT2D eigenvalue weighted by molar-refractivity contribution is 7.99. The van der Waals surface area contributed by atoms with E-state index < -0.39 is 5.91 Å². The molecule has 0 aliphatic carbocycles. The second-order valence-electron chi connectivity index (χ2n) is 5.65. The van der Waals surface area contributed by atoms with Crippen molar-refractivity contribution in [2.45, 2.75) is 5.16 Å². The van der Waals surface area contributed by atoms with E-state index in [0.29, 0.717) is 27.3 Å². The lowest BCUT2D eigenvalue weighted by molar-refractivity contribution is -0.113. The lowest BCUT2D eigenvalue weighted by Crippen LogP contribution is -2.15. The van der Waals surface area contributed by atoms with Crippen LogP contribution in [0, 0.1) is 0 Å². The molecule has 0 unspecified atom stereocenters. The van der Waals surface area contributed by atoms with E-state index in [1.807, 2.05) is 29.8 Å². The van der Waals surface area contributed by atoms with Crippen molar-refractivity contribution in [3.63, 3.8) is 0 Å². The van der Waals surface area contributed by atoms with Gasteiger partial charge in [-0.2, -0.15) is 0 Å². The van der Waals surface area contributed by atoms with Gasteiger partial charge in [0, 0.05) is 28.9 Å². The predicted octanol–water partition coefficient (Wildman–Crippen LogP) is 2.97. The zero-order valence-corrected chi connectivity index (χ0v) is 15.9. The Kier molecular flexibility index (Phi) is 5.78. The van der Waals surface area contributed by atoms with Gasteiger partial charge in [-0.05, 0) is 36.4 Å². The number of nitrogens with zero attached hydrogens (tertiary/aromatic N) is 3. The van der Waals surface area contributed by atoms with Gasteiger partial charge in [0.15, 0.2) is 11.0 Å². The summed E-state index contributed by atoms with van der Waals surface area (Å²) >= 11 is 7.29. The van der Waals surface area contributed by atoms with Gasteiger partial charge in [0.25, 0.3) is 0 Å². The Hall–Kier alpha value is -2.84. The molecule has 0 saturated heterocycles. The number of aromatic nitrogens is 3. The molecular formula is C18H16ClN5O2S. The number of halogens is 1. The molecule has 0 atom stereocenters. The molecular weight excluding hydrogens is 386 g/mol. The topological polar surface area (TPSA) is 103 Å². The average Bonchev–Trinajstić information content (AvgIpc) is 3.01. The lowest BCUT2D eigenvalue weighted by Gasteiger charge is -2.06. The van der Waals surface area contributed by atoms with Crippen molar-refractivity contribution < 1.29 is 9.59 Å². The minimum Gasteiger partial charge on any atom is -0.366 e. The minimum atomic E-state index is -0.513. The van der Waals surface area contributed by atoms with E-state index in [0.717, 1.165) is 5.56 Å². The number of thioether (sulfide) groups is 1. The van der Waals surface area contributed by atoms with Crippen molar-refractivity contribution >= 4 is 40.9 Å². The quantitative estimate of drug-likeness (QED) is 0.618. The molecule has 0 aliphatic rings. The van der Waals surface area contributed by atoms with Crippen LogP contribution in [0.3, 0.4) is 0 Å². The number of amides is 2. The van der Waals surface area contributed by atoms with Gasteiger partial charge >= 0.3 is 0 Å². The molecule has 27 heavy (non-hydrogen) atoms. The molecule has 0 bridgehead atoms. The van der Waals surface area contributed by atoms with Crippen LogP contribution in [0.4, 0.5) is 5.69 Å². The Labute approximate surface area is 164 Å². The standard InChI is InChI=1S/C18H16ClN5O2S/c1-24-17(12-3-2-4-13(19)9-12)22-23-18(24)27-10-15(25)21-14-7-5-11(6-8-14)16(20)26/h2-9H,10H2,1H3,(H2,20,26)(H,21,25). The van der Waals surface area contributed by atoms with E-state index >= 15 is 0 Å². The number of carbonyl (C=O) groups excluding carboxylic acids is 2. The molecule has 3 rings (SSSR count). The van der Waals surface area contributed by atoms with Crippen LogP contribution in [0.2, 0.25) is 5.02 Å². The van der Waals surface area contributed by atoms with Crippen LogP contribution in [0.25, 0.3) is 11.4 Å².